The Kier molecular flexibility index (Phi) is 5.88. The molecule has 6 heteroatoms. The molecule has 0 unspecified atom stereocenters. The first-order valence-corrected chi connectivity index (χ1v) is 7.84. The van der Waals surface area contributed by atoms with Crippen LogP contribution < -0.4 is 16.0 Å². The van der Waals surface area contributed by atoms with E-state index in [0.717, 1.165) is 0 Å². The summed E-state index contributed by atoms with van der Waals surface area (Å²) < 4.78 is 0. The summed E-state index contributed by atoms with van der Waals surface area (Å²) in [5.74, 6) is -0.288. The van der Waals surface area contributed by atoms with E-state index in [0.29, 0.717) is 11.3 Å². The molecule has 0 saturated carbocycles. The third-order valence-corrected chi connectivity index (χ3v) is 3.01. The van der Waals surface area contributed by atoms with E-state index in [1.54, 1.807) is 24.3 Å². The van der Waals surface area contributed by atoms with Crippen molar-refractivity contribution in [3.63, 3.8) is 0 Å². The second-order valence-corrected chi connectivity index (χ2v) is 7.85. The van der Waals surface area contributed by atoms with E-state index in [9.17, 15) is 9.59 Å². The largest absolute Gasteiger partial charge is 0.347 e. The van der Waals surface area contributed by atoms with Crippen molar-refractivity contribution in [3.05, 3.63) is 29.8 Å². The molecule has 0 saturated heterocycles. The van der Waals surface area contributed by atoms with Gasteiger partial charge in [0.05, 0.1) is 0 Å². The monoisotopic (exact) mass is 335 g/mol. The molecule has 0 heterocycles. The van der Waals surface area contributed by atoms with Crippen LogP contribution in [-0.2, 0) is 4.79 Å². The normalized spacial score (nSPS) is 11.6. The van der Waals surface area contributed by atoms with Crippen molar-refractivity contribution >= 4 is 34.8 Å². The number of hydrogen-bond acceptors (Lipinski definition) is 3. The van der Waals surface area contributed by atoms with Crippen molar-refractivity contribution in [2.24, 2.45) is 5.41 Å². The lowest BCUT2D eigenvalue weighted by Gasteiger charge is -2.20. The molecule has 1 rings (SSSR count). The first-order valence-electron chi connectivity index (χ1n) is 7.43. The van der Waals surface area contributed by atoms with Crippen LogP contribution in [0.3, 0.4) is 0 Å². The number of benzene rings is 1. The Morgan fingerprint density at radius 2 is 1.48 bits per heavy atom. The van der Waals surface area contributed by atoms with E-state index in [4.69, 9.17) is 12.2 Å². The summed E-state index contributed by atoms with van der Waals surface area (Å²) in [4.78, 5) is 23.9. The number of amides is 2. The van der Waals surface area contributed by atoms with Gasteiger partial charge in [-0.3, -0.25) is 9.59 Å². The van der Waals surface area contributed by atoms with Gasteiger partial charge in [-0.2, -0.15) is 0 Å². The molecule has 0 spiro atoms. The van der Waals surface area contributed by atoms with E-state index >= 15 is 0 Å². The zero-order valence-electron chi connectivity index (χ0n) is 14.5. The van der Waals surface area contributed by atoms with Gasteiger partial charge in [-0.15, -0.1) is 0 Å². The molecule has 0 aliphatic carbocycles. The molecule has 3 N–H and O–H groups in total. The molecule has 0 aromatic heterocycles. The lowest BCUT2D eigenvalue weighted by atomic mass is 9.96. The minimum Gasteiger partial charge on any atom is -0.347 e. The quantitative estimate of drug-likeness (QED) is 0.727. The van der Waals surface area contributed by atoms with Crippen LogP contribution in [0.4, 0.5) is 5.69 Å². The van der Waals surface area contributed by atoms with E-state index in [-0.39, 0.29) is 22.5 Å². The van der Waals surface area contributed by atoms with Gasteiger partial charge in [0.25, 0.3) is 5.91 Å². The molecule has 0 radical (unpaired) electrons. The maximum Gasteiger partial charge on any atom is 0.251 e. The second-order valence-electron chi connectivity index (χ2n) is 7.44. The Morgan fingerprint density at radius 1 is 0.957 bits per heavy atom. The number of anilines is 1. The highest BCUT2D eigenvalue weighted by Gasteiger charge is 2.22. The fourth-order valence-corrected chi connectivity index (χ4v) is 1.78. The van der Waals surface area contributed by atoms with Gasteiger partial charge in [-0.05, 0) is 57.3 Å². The number of hydrogen-bond donors (Lipinski definition) is 3. The molecule has 0 atom stereocenters. The maximum atomic E-state index is 12.0. The Balaban J connectivity index is 2.66. The Morgan fingerprint density at radius 3 is 1.91 bits per heavy atom. The second kappa shape index (κ2) is 7.08. The zero-order valence-corrected chi connectivity index (χ0v) is 15.4. The van der Waals surface area contributed by atoms with Crippen molar-refractivity contribution in [2.75, 3.05) is 5.32 Å². The van der Waals surface area contributed by atoms with Crippen LogP contribution in [-0.4, -0.2) is 22.5 Å². The van der Waals surface area contributed by atoms with Crippen LogP contribution >= 0.6 is 12.2 Å². The summed E-state index contributed by atoms with van der Waals surface area (Å²) in [6.45, 7) is 11.2. The van der Waals surface area contributed by atoms with Crippen molar-refractivity contribution in [2.45, 2.75) is 47.1 Å². The average molecular weight is 335 g/mol. The summed E-state index contributed by atoms with van der Waals surface area (Å²) >= 11 is 5.11. The Labute approximate surface area is 143 Å². The molecule has 0 aliphatic heterocycles. The molecule has 2 amide bonds. The van der Waals surface area contributed by atoms with Gasteiger partial charge < -0.3 is 16.0 Å². The van der Waals surface area contributed by atoms with E-state index in [1.165, 1.54) is 0 Å². The Hall–Kier alpha value is -1.95. The summed E-state index contributed by atoms with van der Waals surface area (Å²) in [7, 11) is 0. The molecular formula is C17H25N3O2S. The molecule has 23 heavy (non-hydrogen) atoms. The van der Waals surface area contributed by atoms with Gasteiger partial charge in [-0.1, -0.05) is 20.8 Å². The highest BCUT2D eigenvalue weighted by Crippen LogP contribution is 2.14. The van der Waals surface area contributed by atoms with Crippen LogP contribution in [0, 0.1) is 5.41 Å². The summed E-state index contributed by atoms with van der Waals surface area (Å²) in [6, 6.07) is 6.90. The minimum atomic E-state index is -0.513. The predicted molar refractivity (Wildman–Crippen MR) is 97.5 cm³/mol. The summed E-state index contributed by atoms with van der Waals surface area (Å²) in [5, 5.41) is 8.70. The van der Waals surface area contributed by atoms with Gasteiger partial charge in [0.1, 0.15) is 0 Å². The fraction of sp³-hybridized carbons (Fsp3) is 0.471. The highest BCUT2D eigenvalue weighted by atomic mass is 32.1. The zero-order chi connectivity index (χ0) is 17.8. The lowest BCUT2D eigenvalue weighted by Crippen LogP contribution is -2.41. The van der Waals surface area contributed by atoms with Gasteiger partial charge in [0.15, 0.2) is 5.11 Å². The van der Waals surface area contributed by atoms with Gasteiger partial charge in [0, 0.05) is 22.2 Å². The van der Waals surface area contributed by atoms with Crippen molar-refractivity contribution in [3.8, 4) is 0 Å². The van der Waals surface area contributed by atoms with Crippen molar-refractivity contribution in [1.29, 1.82) is 0 Å². The molecule has 0 fully saturated rings. The number of carbonyl (C=O) groups is 2. The summed E-state index contributed by atoms with van der Waals surface area (Å²) in [6.07, 6.45) is 0. The molecule has 5 nitrogen and oxygen atoms in total. The first-order chi connectivity index (χ1) is 10.4. The third-order valence-electron chi connectivity index (χ3n) is 2.80. The van der Waals surface area contributed by atoms with Crippen LogP contribution in [0.25, 0.3) is 0 Å². The first kappa shape index (κ1) is 19.1. The number of rotatable bonds is 2. The van der Waals surface area contributed by atoms with Crippen LogP contribution in [0.2, 0.25) is 0 Å². The lowest BCUT2D eigenvalue weighted by molar-refractivity contribution is -0.126. The molecule has 0 bridgehead atoms. The van der Waals surface area contributed by atoms with Gasteiger partial charge >= 0.3 is 0 Å². The third kappa shape index (κ3) is 6.78. The van der Waals surface area contributed by atoms with E-state index in [2.05, 4.69) is 16.0 Å². The van der Waals surface area contributed by atoms with E-state index < -0.39 is 5.41 Å². The van der Waals surface area contributed by atoms with Crippen LogP contribution in [0.5, 0.6) is 0 Å². The van der Waals surface area contributed by atoms with Crippen LogP contribution in [0.15, 0.2) is 24.3 Å². The number of carbonyl (C=O) groups excluding carboxylic acids is 2. The molecular weight excluding hydrogens is 310 g/mol. The van der Waals surface area contributed by atoms with Crippen molar-refractivity contribution < 1.29 is 9.59 Å². The van der Waals surface area contributed by atoms with Crippen molar-refractivity contribution in [1.82, 2.24) is 10.6 Å². The van der Waals surface area contributed by atoms with Gasteiger partial charge in [0.2, 0.25) is 5.91 Å². The highest BCUT2D eigenvalue weighted by molar-refractivity contribution is 7.80. The predicted octanol–water partition coefficient (Wildman–Crippen LogP) is 3.07. The average Bonchev–Trinajstić information content (AvgIpc) is 2.36. The molecule has 1 aromatic carbocycles. The smallest absolute Gasteiger partial charge is 0.251 e. The molecule has 126 valence electrons. The molecule has 1 aromatic rings. The van der Waals surface area contributed by atoms with Crippen LogP contribution in [0.1, 0.15) is 51.9 Å². The standard InChI is InChI=1S/C17H25N3O2S/c1-16(2,3)14(22)19-15(23)18-12-9-7-11(8-10-12)13(21)20-17(4,5)6/h7-10H,1-6H3,(H,20,21)(H2,18,19,22,23). The maximum absolute atomic E-state index is 12.0. The number of thiocarbonyl (C=S) groups is 1. The topological polar surface area (TPSA) is 70.2 Å². The van der Waals surface area contributed by atoms with Gasteiger partial charge in [-0.25, -0.2) is 0 Å². The molecule has 0 aliphatic rings. The minimum absolute atomic E-state index is 0.132. The van der Waals surface area contributed by atoms with E-state index in [1.807, 2.05) is 41.5 Å². The summed E-state index contributed by atoms with van der Waals surface area (Å²) in [5.41, 5.74) is 0.472. The Bertz CT molecular complexity index is 596. The SMILES string of the molecule is CC(C)(C)NC(=O)c1ccc(NC(=S)NC(=O)C(C)(C)C)cc1. The fourth-order valence-electron chi connectivity index (χ4n) is 1.57. The number of nitrogens with one attached hydrogen (secondary N) is 3.